The average molecular weight is 406 g/mol. The zero-order chi connectivity index (χ0) is 20.8. The first-order valence-electron chi connectivity index (χ1n) is 10.6. The SMILES string of the molecule is O=C(NCCCn1ncc2ccccc21)[C@@H]1CCC(=O)N(CCc2ccccn2)C1. The quantitative estimate of drug-likeness (QED) is 0.584. The second-order valence-corrected chi connectivity index (χ2v) is 7.72. The Morgan fingerprint density at radius 3 is 2.87 bits per heavy atom. The molecule has 1 fully saturated rings. The summed E-state index contributed by atoms with van der Waals surface area (Å²) in [5.41, 5.74) is 2.07. The van der Waals surface area contributed by atoms with Gasteiger partial charge in [0.15, 0.2) is 0 Å². The topological polar surface area (TPSA) is 80.1 Å². The van der Waals surface area contributed by atoms with E-state index in [0.717, 1.165) is 29.6 Å². The number of pyridine rings is 1. The summed E-state index contributed by atoms with van der Waals surface area (Å²) in [6.45, 7) is 2.45. The van der Waals surface area contributed by atoms with Gasteiger partial charge in [0, 0.05) is 56.3 Å². The highest BCUT2D eigenvalue weighted by Gasteiger charge is 2.29. The first-order chi connectivity index (χ1) is 14.7. The van der Waals surface area contributed by atoms with Crippen molar-refractivity contribution in [3.63, 3.8) is 0 Å². The maximum absolute atomic E-state index is 12.6. The second-order valence-electron chi connectivity index (χ2n) is 7.72. The van der Waals surface area contributed by atoms with Gasteiger partial charge in [-0.3, -0.25) is 19.3 Å². The van der Waals surface area contributed by atoms with Crippen LogP contribution in [0, 0.1) is 5.92 Å². The number of para-hydroxylation sites is 1. The normalized spacial score (nSPS) is 16.7. The van der Waals surface area contributed by atoms with Crippen LogP contribution in [0.2, 0.25) is 0 Å². The van der Waals surface area contributed by atoms with E-state index in [4.69, 9.17) is 0 Å². The molecule has 0 aliphatic carbocycles. The Labute approximate surface area is 176 Å². The summed E-state index contributed by atoms with van der Waals surface area (Å²) in [5.74, 6) is 0.0215. The van der Waals surface area contributed by atoms with Gasteiger partial charge in [-0.15, -0.1) is 0 Å². The second kappa shape index (κ2) is 9.52. The molecule has 1 saturated heterocycles. The molecule has 2 amide bonds. The Hall–Kier alpha value is -3.22. The number of amides is 2. The number of carbonyl (C=O) groups is 2. The number of piperidine rings is 1. The van der Waals surface area contributed by atoms with Crippen molar-refractivity contribution in [1.29, 1.82) is 0 Å². The first kappa shape index (κ1) is 20.1. The summed E-state index contributed by atoms with van der Waals surface area (Å²) < 4.78 is 1.97. The minimum Gasteiger partial charge on any atom is -0.356 e. The summed E-state index contributed by atoms with van der Waals surface area (Å²) in [4.78, 5) is 31.0. The molecule has 3 heterocycles. The van der Waals surface area contributed by atoms with Gasteiger partial charge in [-0.05, 0) is 31.0 Å². The summed E-state index contributed by atoms with van der Waals surface area (Å²) in [6, 6.07) is 13.9. The Kier molecular flexibility index (Phi) is 6.37. The van der Waals surface area contributed by atoms with Crippen LogP contribution in [0.25, 0.3) is 10.9 Å². The number of benzene rings is 1. The lowest BCUT2D eigenvalue weighted by molar-refractivity contribution is -0.138. The Morgan fingerprint density at radius 2 is 2.00 bits per heavy atom. The van der Waals surface area contributed by atoms with Gasteiger partial charge in [-0.25, -0.2) is 0 Å². The van der Waals surface area contributed by atoms with Crippen LogP contribution in [0.15, 0.2) is 54.9 Å². The lowest BCUT2D eigenvalue weighted by atomic mass is 9.96. The van der Waals surface area contributed by atoms with Crippen LogP contribution in [0.5, 0.6) is 0 Å². The number of nitrogens with zero attached hydrogens (tertiary/aromatic N) is 4. The van der Waals surface area contributed by atoms with E-state index in [1.165, 1.54) is 0 Å². The molecule has 156 valence electrons. The third-order valence-corrected chi connectivity index (χ3v) is 5.63. The summed E-state index contributed by atoms with van der Waals surface area (Å²) >= 11 is 0. The predicted molar refractivity (Wildman–Crippen MR) is 115 cm³/mol. The van der Waals surface area contributed by atoms with E-state index in [-0.39, 0.29) is 17.7 Å². The summed E-state index contributed by atoms with van der Waals surface area (Å²) in [7, 11) is 0. The van der Waals surface area contributed by atoms with E-state index in [9.17, 15) is 9.59 Å². The van der Waals surface area contributed by atoms with E-state index in [1.807, 2.05) is 47.3 Å². The molecule has 1 aliphatic heterocycles. The Balaban J connectivity index is 1.22. The number of aryl methyl sites for hydroxylation is 1. The van der Waals surface area contributed by atoms with E-state index in [1.54, 1.807) is 11.1 Å². The smallest absolute Gasteiger partial charge is 0.224 e. The molecule has 0 bridgehead atoms. The van der Waals surface area contributed by atoms with Gasteiger partial charge >= 0.3 is 0 Å². The minimum atomic E-state index is -0.142. The maximum Gasteiger partial charge on any atom is 0.224 e. The number of likely N-dealkylation sites (tertiary alicyclic amines) is 1. The molecule has 0 radical (unpaired) electrons. The molecule has 1 atom stereocenters. The fraction of sp³-hybridized carbons (Fsp3) is 0.391. The number of hydrogen-bond acceptors (Lipinski definition) is 4. The molecule has 1 N–H and O–H groups in total. The minimum absolute atomic E-state index is 0.0376. The van der Waals surface area contributed by atoms with Gasteiger partial charge in [0.1, 0.15) is 0 Å². The standard InChI is InChI=1S/C23H27N5O2/c29-22-10-9-19(17-27(22)15-11-20-7-3-4-12-24-20)23(30)25-13-5-14-28-21-8-2-1-6-18(21)16-26-28/h1-4,6-8,12,16,19H,5,9-11,13-15,17H2,(H,25,30)/t19-/m1/s1. The number of carbonyl (C=O) groups excluding carboxylic acids is 2. The zero-order valence-corrected chi connectivity index (χ0v) is 17.0. The van der Waals surface area contributed by atoms with Crippen molar-refractivity contribution in [1.82, 2.24) is 25.0 Å². The lowest BCUT2D eigenvalue weighted by Crippen LogP contribution is -2.46. The fourth-order valence-electron chi connectivity index (χ4n) is 3.93. The number of hydrogen-bond donors (Lipinski definition) is 1. The van der Waals surface area contributed by atoms with Crippen molar-refractivity contribution in [3.05, 3.63) is 60.6 Å². The molecule has 0 spiro atoms. The fourth-order valence-corrected chi connectivity index (χ4v) is 3.93. The molecule has 7 nitrogen and oxygen atoms in total. The van der Waals surface area contributed by atoms with E-state index in [2.05, 4.69) is 21.5 Å². The molecule has 1 aliphatic rings. The van der Waals surface area contributed by atoms with Gasteiger partial charge in [0.25, 0.3) is 0 Å². The number of aromatic nitrogens is 3. The Bertz CT molecular complexity index is 1000. The van der Waals surface area contributed by atoms with E-state index >= 15 is 0 Å². The highest BCUT2D eigenvalue weighted by Crippen LogP contribution is 2.18. The van der Waals surface area contributed by atoms with Gasteiger partial charge in [-0.2, -0.15) is 5.10 Å². The monoisotopic (exact) mass is 405 g/mol. The number of fused-ring (bicyclic) bond motifs is 1. The van der Waals surface area contributed by atoms with Gasteiger partial charge in [0.2, 0.25) is 11.8 Å². The highest BCUT2D eigenvalue weighted by atomic mass is 16.2. The molecule has 0 saturated carbocycles. The van der Waals surface area contributed by atoms with E-state index in [0.29, 0.717) is 38.9 Å². The van der Waals surface area contributed by atoms with Crippen LogP contribution >= 0.6 is 0 Å². The largest absolute Gasteiger partial charge is 0.356 e. The molecule has 30 heavy (non-hydrogen) atoms. The van der Waals surface area contributed by atoms with E-state index < -0.39 is 0 Å². The lowest BCUT2D eigenvalue weighted by Gasteiger charge is -2.32. The highest BCUT2D eigenvalue weighted by molar-refractivity contribution is 5.83. The van der Waals surface area contributed by atoms with Crippen LogP contribution in [0.3, 0.4) is 0 Å². The van der Waals surface area contributed by atoms with Crippen LogP contribution in [0.4, 0.5) is 0 Å². The predicted octanol–water partition coefficient (Wildman–Crippen LogP) is 2.42. The first-order valence-corrected chi connectivity index (χ1v) is 10.6. The van der Waals surface area contributed by atoms with Gasteiger partial charge in [0.05, 0.1) is 17.6 Å². The van der Waals surface area contributed by atoms with Crippen molar-refractivity contribution in [3.8, 4) is 0 Å². The van der Waals surface area contributed by atoms with Gasteiger partial charge in [-0.1, -0.05) is 24.3 Å². The molecule has 2 aromatic heterocycles. The molecule has 4 rings (SSSR count). The van der Waals surface area contributed by atoms with Crippen LogP contribution in [-0.4, -0.2) is 51.1 Å². The van der Waals surface area contributed by atoms with Crippen LogP contribution < -0.4 is 5.32 Å². The molecule has 0 unspecified atom stereocenters. The van der Waals surface area contributed by atoms with Gasteiger partial charge < -0.3 is 10.2 Å². The third kappa shape index (κ3) is 4.84. The molecular formula is C23H27N5O2. The van der Waals surface area contributed by atoms with Crippen molar-refractivity contribution in [2.75, 3.05) is 19.6 Å². The Morgan fingerprint density at radius 1 is 1.13 bits per heavy atom. The van der Waals surface area contributed by atoms with Crippen LogP contribution in [0.1, 0.15) is 25.0 Å². The maximum atomic E-state index is 12.6. The summed E-state index contributed by atoms with van der Waals surface area (Å²) in [6.07, 6.45) is 6.20. The molecular weight excluding hydrogens is 378 g/mol. The van der Waals surface area contributed by atoms with Crippen molar-refractivity contribution in [2.45, 2.75) is 32.2 Å². The number of rotatable bonds is 8. The van der Waals surface area contributed by atoms with Crippen LogP contribution in [-0.2, 0) is 22.6 Å². The molecule has 1 aromatic carbocycles. The molecule has 3 aromatic rings. The van der Waals surface area contributed by atoms with Crippen molar-refractivity contribution >= 4 is 22.7 Å². The van der Waals surface area contributed by atoms with Crippen molar-refractivity contribution in [2.24, 2.45) is 5.92 Å². The number of nitrogens with one attached hydrogen (secondary N) is 1. The average Bonchev–Trinajstić information content (AvgIpc) is 3.20. The zero-order valence-electron chi connectivity index (χ0n) is 17.0. The molecule has 7 heteroatoms. The third-order valence-electron chi connectivity index (χ3n) is 5.63. The summed E-state index contributed by atoms with van der Waals surface area (Å²) in [5, 5.41) is 8.59. The van der Waals surface area contributed by atoms with Crippen molar-refractivity contribution < 1.29 is 9.59 Å².